The molecule has 1 aliphatic heterocycles. The maximum atomic E-state index is 12.0. The predicted octanol–water partition coefficient (Wildman–Crippen LogP) is 1.14. The third-order valence-corrected chi connectivity index (χ3v) is 3.80. The zero-order chi connectivity index (χ0) is 15.9. The van der Waals surface area contributed by atoms with Crippen molar-refractivity contribution in [3.8, 4) is 5.75 Å². The number of aliphatic hydroxyl groups excluding tert-OH is 1. The van der Waals surface area contributed by atoms with E-state index >= 15 is 0 Å². The minimum atomic E-state index is -1.00. The second-order valence-corrected chi connectivity index (χ2v) is 5.41. The number of piperidine rings is 1. The van der Waals surface area contributed by atoms with Gasteiger partial charge in [-0.1, -0.05) is 18.2 Å². The van der Waals surface area contributed by atoms with E-state index in [1.165, 1.54) is 4.90 Å². The molecule has 1 aromatic carbocycles. The van der Waals surface area contributed by atoms with E-state index in [1.54, 1.807) is 0 Å². The number of ether oxygens (including phenoxy) is 1. The highest BCUT2D eigenvalue weighted by atomic mass is 16.5. The quantitative estimate of drug-likeness (QED) is 0.770. The van der Waals surface area contributed by atoms with Crippen molar-refractivity contribution in [1.29, 1.82) is 0 Å². The Morgan fingerprint density at radius 3 is 2.64 bits per heavy atom. The average molecular weight is 307 g/mol. The van der Waals surface area contributed by atoms with Crippen molar-refractivity contribution in [2.45, 2.75) is 25.4 Å². The van der Waals surface area contributed by atoms with Crippen LogP contribution in [0, 0.1) is 5.92 Å². The lowest BCUT2D eigenvalue weighted by Crippen LogP contribution is -2.48. The van der Waals surface area contributed by atoms with Gasteiger partial charge in [-0.2, -0.15) is 0 Å². The lowest BCUT2D eigenvalue weighted by Gasteiger charge is -2.34. The number of hydrogen-bond donors (Lipinski definition) is 2. The van der Waals surface area contributed by atoms with Gasteiger partial charge in [0, 0.05) is 19.5 Å². The van der Waals surface area contributed by atoms with Crippen LogP contribution in [0.15, 0.2) is 30.3 Å². The maximum Gasteiger partial charge on any atom is 0.309 e. The Bertz CT molecular complexity index is 505. The molecular formula is C16H21NO5. The number of β-amino-alcohol motifs (C(OH)–C–C–N with tert-alkyl or cyclic N) is 1. The molecule has 1 fully saturated rings. The predicted molar refractivity (Wildman–Crippen MR) is 79.5 cm³/mol. The summed E-state index contributed by atoms with van der Waals surface area (Å²) >= 11 is 0. The number of nitrogens with zero attached hydrogens (tertiary/aromatic N) is 1. The van der Waals surface area contributed by atoms with Crippen LogP contribution >= 0.6 is 0 Å². The fourth-order valence-corrected chi connectivity index (χ4v) is 2.53. The van der Waals surface area contributed by atoms with Gasteiger partial charge in [-0.25, -0.2) is 0 Å². The number of likely N-dealkylation sites (tertiary alicyclic amines) is 1. The van der Waals surface area contributed by atoms with E-state index in [2.05, 4.69) is 0 Å². The zero-order valence-corrected chi connectivity index (χ0v) is 12.4. The summed E-state index contributed by atoms with van der Waals surface area (Å²) in [6.45, 7) is 0.922. The molecule has 2 atom stereocenters. The first-order valence-corrected chi connectivity index (χ1v) is 7.44. The molecule has 6 nitrogen and oxygen atoms in total. The molecule has 1 aliphatic rings. The topological polar surface area (TPSA) is 87.1 Å². The van der Waals surface area contributed by atoms with Gasteiger partial charge in [0.05, 0.1) is 18.6 Å². The fraction of sp³-hybridized carbons (Fsp3) is 0.500. The molecule has 0 radical (unpaired) electrons. The normalized spacial score (nSPS) is 21.4. The van der Waals surface area contributed by atoms with Crippen molar-refractivity contribution >= 4 is 11.9 Å². The van der Waals surface area contributed by atoms with Gasteiger partial charge in [-0.15, -0.1) is 0 Å². The van der Waals surface area contributed by atoms with Gasteiger partial charge in [0.25, 0.3) is 0 Å². The van der Waals surface area contributed by atoms with Crippen molar-refractivity contribution in [3.63, 3.8) is 0 Å². The molecule has 1 heterocycles. The summed E-state index contributed by atoms with van der Waals surface area (Å²) in [4.78, 5) is 24.5. The number of carbonyl (C=O) groups is 2. The Hall–Kier alpha value is -2.08. The molecular weight excluding hydrogens is 286 g/mol. The second kappa shape index (κ2) is 7.79. The smallest absolute Gasteiger partial charge is 0.309 e. The molecule has 22 heavy (non-hydrogen) atoms. The maximum absolute atomic E-state index is 12.0. The molecule has 0 bridgehead atoms. The number of benzene rings is 1. The van der Waals surface area contributed by atoms with Crippen molar-refractivity contribution in [1.82, 2.24) is 4.90 Å². The number of hydrogen-bond acceptors (Lipinski definition) is 4. The molecule has 0 aromatic heterocycles. The van der Waals surface area contributed by atoms with E-state index in [4.69, 9.17) is 9.84 Å². The summed E-state index contributed by atoms with van der Waals surface area (Å²) in [6.07, 6.45) is 0.221. The second-order valence-electron chi connectivity index (χ2n) is 5.41. The largest absolute Gasteiger partial charge is 0.494 e. The summed E-state index contributed by atoms with van der Waals surface area (Å²) in [5.41, 5.74) is 0. The van der Waals surface area contributed by atoms with Crippen LogP contribution in [0.3, 0.4) is 0 Å². The first-order chi connectivity index (χ1) is 10.6. The highest BCUT2D eigenvalue weighted by molar-refractivity contribution is 5.77. The molecule has 0 aliphatic carbocycles. The van der Waals surface area contributed by atoms with Crippen LogP contribution in [0.4, 0.5) is 0 Å². The third kappa shape index (κ3) is 4.46. The van der Waals surface area contributed by atoms with E-state index in [0.29, 0.717) is 32.4 Å². The van der Waals surface area contributed by atoms with Crippen LogP contribution in [0.5, 0.6) is 5.75 Å². The van der Waals surface area contributed by atoms with E-state index in [-0.39, 0.29) is 12.5 Å². The van der Waals surface area contributed by atoms with Crippen LogP contribution < -0.4 is 4.74 Å². The van der Waals surface area contributed by atoms with E-state index < -0.39 is 18.0 Å². The minimum Gasteiger partial charge on any atom is -0.494 e. The number of para-hydroxylation sites is 1. The lowest BCUT2D eigenvalue weighted by atomic mass is 9.94. The van der Waals surface area contributed by atoms with Crippen LogP contribution in [-0.4, -0.2) is 52.8 Å². The highest BCUT2D eigenvalue weighted by Crippen LogP contribution is 2.19. The Morgan fingerprint density at radius 2 is 2.00 bits per heavy atom. The zero-order valence-electron chi connectivity index (χ0n) is 12.4. The van der Waals surface area contributed by atoms with Crippen LogP contribution in [-0.2, 0) is 9.59 Å². The number of aliphatic carboxylic acids is 1. The standard InChI is InChI=1S/C16H21NO5/c18-14-11-17(9-8-13(14)16(20)21)15(19)7-4-10-22-12-5-2-1-3-6-12/h1-3,5-6,13-14,18H,4,7-11H2,(H,20,21)/t13-,14+/m0/s1. The number of aliphatic hydroxyl groups is 1. The Kier molecular flexibility index (Phi) is 5.77. The molecule has 1 amide bonds. The van der Waals surface area contributed by atoms with Gasteiger partial charge >= 0.3 is 5.97 Å². The number of carboxylic acid groups (broad SMARTS) is 1. The number of amides is 1. The molecule has 0 unspecified atom stereocenters. The Morgan fingerprint density at radius 1 is 1.27 bits per heavy atom. The molecule has 120 valence electrons. The summed E-state index contributed by atoms with van der Waals surface area (Å²) in [5.74, 6) is -1.08. The lowest BCUT2D eigenvalue weighted by molar-refractivity contribution is -0.152. The molecule has 1 saturated heterocycles. The summed E-state index contributed by atoms with van der Waals surface area (Å²) in [7, 11) is 0. The van der Waals surface area contributed by atoms with E-state index in [9.17, 15) is 14.7 Å². The first kappa shape index (κ1) is 16.3. The summed E-state index contributed by atoms with van der Waals surface area (Å²) < 4.78 is 5.52. The van der Waals surface area contributed by atoms with E-state index in [0.717, 1.165) is 5.75 Å². The van der Waals surface area contributed by atoms with Gasteiger partial charge in [-0.3, -0.25) is 9.59 Å². The number of carbonyl (C=O) groups excluding carboxylic acids is 1. The fourth-order valence-electron chi connectivity index (χ4n) is 2.53. The monoisotopic (exact) mass is 307 g/mol. The molecule has 2 rings (SSSR count). The minimum absolute atomic E-state index is 0.0699. The molecule has 1 aromatic rings. The van der Waals surface area contributed by atoms with Gasteiger partial charge in [0.1, 0.15) is 5.75 Å². The summed E-state index contributed by atoms with van der Waals surface area (Å²) in [5, 5.41) is 18.7. The molecule has 0 saturated carbocycles. The van der Waals surface area contributed by atoms with Gasteiger partial charge in [0.15, 0.2) is 0 Å². The van der Waals surface area contributed by atoms with Crippen molar-refractivity contribution in [3.05, 3.63) is 30.3 Å². The first-order valence-electron chi connectivity index (χ1n) is 7.44. The highest BCUT2D eigenvalue weighted by Gasteiger charge is 2.34. The molecule has 6 heteroatoms. The van der Waals surface area contributed by atoms with Crippen LogP contribution in [0.2, 0.25) is 0 Å². The van der Waals surface area contributed by atoms with Gasteiger partial charge < -0.3 is 19.8 Å². The van der Waals surface area contributed by atoms with Crippen molar-refractivity contribution in [2.75, 3.05) is 19.7 Å². The SMILES string of the molecule is O=C(O)[C@H]1CCN(C(=O)CCCOc2ccccc2)C[C@H]1O. The van der Waals surface area contributed by atoms with Crippen LogP contribution in [0.25, 0.3) is 0 Å². The molecule has 0 spiro atoms. The number of carboxylic acids is 1. The number of rotatable bonds is 6. The Labute approximate surface area is 129 Å². The molecule has 2 N–H and O–H groups in total. The summed E-state index contributed by atoms with van der Waals surface area (Å²) in [6, 6.07) is 9.38. The van der Waals surface area contributed by atoms with Gasteiger partial charge in [0.2, 0.25) is 5.91 Å². The van der Waals surface area contributed by atoms with E-state index in [1.807, 2.05) is 30.3 Å². The van der Waals surface area contributed by atoms with Crippen LogP contribution in [0.1, 0.15) is 19.3 Å². The van der Waals surface area contributed by atoms with Gasteiger partial charge in [-0.05, 0) is 25.0 Å². The van der Waals surface area contributed by atoms with Crippen molar-refractivity contribution < 1.29 is 24.5 Å². The van der Waals surface area contributed by atoms with Crippen molar-refractivity contribution in [2.24, 2.45) is 5.92 Å². The average Bonchev–Trinajstić information content (AvgIpc) is 2.52. The Balaban J connectivity index is 1.69. The third-order valence-electron chi connectivity index (χ3n) is 3.80.